The molecule has 2 aromatic carbocycles. The van der Waals surface area contributed by atoms with Crippen molar-refractivity contribution in [2.45, 2.75) is 57.9 Å². The van der Waals surface area contributed by atoms with Crippen LogP contribution in [0.2, 0.25) is 0 Å². The van der Waals surface area contributed by atoms with E-state index < -0.39 is 15.9 Å². The fraction of sp³-hybridized carbons (Fsp3) is 0.346. The van der Waals surface area contributed by atoms with Crippen molar-refractivity contribution in [1.82, 2.24) is 9.97 Å². The van der Waals surface area contributed by atoms with E-state index in [1.807, 2.05) is 38.1 Å². The lowest BCUT2D eigenvalue weighted by Crippen LogP contribution is -2.23. The third-order valence-corrected chi connectivity index (χ3v) is 7.04. The molecule has 0 aliphatic heterocycles. The Balaban J connectivity index is 2.01. The lowest BCUT2D eigenvalue weighted by molar-refractivity contribution is 0.1000. The zero-order valence-corrected chi connectivity index (χ0v) is 21.4. The predicted molar refractivity (Wildman–Crippen MR) is 138 cm³/mol. The summed E-state index contributed by atoms with van der Waals surface area (Å²) in [6.45, 7) is 8.23. The third kappa shape index (κ3) is 6.86. The Morgan fingerprint density at radius 3 is 2.31 bits per heavy atom. The minimum absolute atomic E-state index is 0.0188. The molecule has 1 atom stereocenters. The second kappa shape index (κ2) is 11.0. The van der Waals surface area contributed by atoms with Gasteiger partial charge in [0, 0.05) is 22.9 Å². The summed E-state index contributed by atoms with van der Waals surface area (Å²) in [4.78, 5) is 20.4. The van der Waals surface area contributed by atoms with Gasteiger partial charge in [0.15, 0.2) is 0 Å². The number of primary amides is 1. The van der Waals surface area contributed by atoms with Crippen molar-refractivity contribution < 1.29 is 13.2 Å². The molecule has 1 heterocycles. The number of sulfonamides is 1. The van der Waals surface area contributed by atoms with Crippen LogP contribution in [0.3, 0.4) is 0 Å². The SMILES string of the molecule is Cc1cccc(C)c1-c1cc(CC[C@@H](N)CC(C)C)nc(NS(=O)(=O)c2cccc(C(N)=O)c2)n1. The molecular weight excluding hydrogens is 462 g/mol. The summed E-state index contributed by atoms with van der Waals surface area (Å²) in [5.41, 5.74) is 16.0. The Kier molecular flexibility index (Phi) is 8.24. The van der Waals surface area contributed by atoms with Crippen LogP contribution in [0.25, 0.3) is 11.3 Å². The number of aryl methyl sites for hydroxylation is 3. The molecule has 0 saturated carbocycles. The first-order valence-corrected chi connectivity index (χ1v) is 13.1. The van der Waals surface area contributed by atoms with E-state index in [-0.39, 0.29) is 22.4 Å². The second-order valence-electron chi connectivity index (χ2n) is 9.26. The van der Waals surface area contributed by atoms with Crippen LogP contribution in [-0.2, 0) is 16.4 Å². The van der Waals surface area contributed by atoms with Crippen LogP contribution in [0.5, 0.6) is 0 Å². The van der Waals surface area contributed by atoms with Gasteiger partial charge in [-0.3, -0.25) is 4.79 Å². The Morgan fingerprint density at radius 2 is 1.69 bits per heavy atom. The normalized spacial score (nSPS) is 12.5. The van der Waals surface area contributed by atoms with Crippen LogP contribution < -0.4 is 16.2 Å². The molecule has 0 fully saturated rings. The lowest BCUT2D eigenvalue weighted by Gasteiger charge is -2.16. The van der Waals surface area contributed by atoms with Crippen molar-refractivity contribution in [3.05, 3.63) is 70.9 Å². The molecule has 5 N–H and O–H groups in total. The molecule has 0 aliphatic carbocycles. The molecule has 1 amide bonds. The van der Waals surface area contributed by atoms with Gasteiger partial charge >= 0.3 is 0 Å². The van der Waals surface area contributed by atoms with Gasteiger partial charge < -0.3 is 11.5 Å². The highest BCUT2D eigenvalue weighted by Crippen LogP contribution is 2.28. The number of rotatable bonds is 10. The van der Waals surface area contributed by atoms with Gasteiger partial charge in [0.2, 0.25) is 11.9 Å². The first kappa shape index (κ1) is 26.3. The van der Waals surface area contributed by atoms with Crippen LogP contribution in [0.1, 0.15) is 53.9 Å². The maximum Gasteiger partial charge on any atom is 0.264 e. The van der Waals surface area contributed by atoms with Crippen LogP contribution in [-0.4, -0.2) is 30.3 Å². The molecule has 0 spiro atoms. The summed E-state index contributed by atoms with van der Waals surface area (Å²) in [5, 5.41) is 0. The average Bonchev–Trinajstić information content (AvgIpc) is 2.77. The number of nitrogens with two attached hydrogens (primary N) is 2. The van der Waals surface area contributed by atoms with Crippen molar-refractivity contribution >= 4 is 21.9 Å². The number of hydrogen-bond donors (Lipinski definition) is 3. The third-order valence-electron chi connectivity index (χ3n) is 5.72. The van der Waals surface area contributed by atoms with Crippen LogP contribution in [0.15, 0.2) is 53.4 Å². The molecule has 9 heteroatoms. The molecule has 0 aliphatic rings. The highest BCUT2D eigenvalue weighted by molar-refractivity contribution is 7.92. The summed E-state index contributed by atoms with van der Waals surface area (Å²) in [6, 6.07) is 13.4. The van der Waals surface area contributed by atoms with E-state index in [1.54, 1.807) is 0 Å². The second-order valence-corrected chi connectivity index (χ2v) is 10.9. The maximum atomic E-state index is 13.1. The number of benzene rings is 2. The van der Waals surface area contributed by atoms with Gasteiger partial charge in [0.25, 0.3) is 10.0 Å². The van der Waals surface area contributed by atoms with E-state index in [2.05, 4.69) is 28.5 Å². The summed E-state index contributed by atoms with van der Waals surface area (Å²) in [7, 11) is -4.06. The highest BCUT2D eigenvalue weighted by atomic mass is 32.2. The largest absolute Gasteiger partial charge is 0.366 e. The molecule has 0 bridgehead atoms. The lowest BCUT2D eigenvalue weighted by atomic mass is 9.97. The van der Waals surface area contributed by atoms with Crippen molar-refractivity contribution in [2.75, 3.05) is 4.72 Å². The minimum Gasteiger partial charge on any atom is -0.366 e. The van der Waals surface area contributed by atoms with E-state index in [0.717, 1.165) is 23.1 Å². The quantitative estimate of drug-likeness (QED) is 0.389. The smallest absolute Gasteiger partial charge is 0.264 e. The molecule has 3 aromatic rings. The number of hydrogen-bond acceptors (Lipinski definition) is 6. The zero-order chi connectivity index (χ0) is 25.8. The molecular formula is C26H33N5O3S. The molecule has 186 valence electrons. The monoisotopic (exact) mass is 495 g/mol. The van der Waals surface area contributed by atoms with Gasteiger partial charge in [-0.15, -0.1) is 0 Å². The van der Waals surface area contributed by atoms with Crippen molar-refractivity contribution in [3.8, 4) is 11.3 Å². The molecule has 0 saturated heterocycles. The van der Waals surface area contributed by atoms with E-state index in [1.165, 1.54) is 24.3 Å². The summed E-state index contributed by atoms with van der Waals surface area (Å²) in [6.07, 6.45) is 2.19. The number of amides is 1. The number of anilines is 1. The van der Waals surface area contributed by atoms with E-state index in [0.29, 0.717) is 30.1 Å². The first-order valence-electron chi connectivity index (χ1n) is 11.6. The Morgan fingerprint density at radius 1 is 1.03 bits per heavy atom. The minimum atomic E-state index is -4.06. The van der Waals surface area contributed by atoms with Gasteiger partial charge in [-0.2, -0.15) is 0 Å². The standard InChI is InChI=1S/C26H33N5O3S/c1-16(2)13-20(27)11-12-21-15-23(24-17(3)7-5-8-18(24)4)30-26(29-21)31-35(33,34)22-10-6-9-19(14-22)25(28)32/h5-10,14-16,20H,11-13,27H2,1-4H3,(H2,28,32)(H,29,30,31)/t20-/m1/s1. The molecule has 8 nitrogen and oxygen atoms in total. The average molecular weight is 496 g/mol. The van der Waals surface area contributed by atoms with E-state index in [4.69, 9.17) is 11.5 Å². The van der Waals surface area contributed by atoms with Crippen molar-refractivity contribution in [3.63, 3.8) is 0 Å². The summed E-state index contributed by atoms with van der Waals surface area (Å²) in [5.74, 6) is -0.267. The Hall–Kier alpha value is -3.30. The van der Waals surface area contributed by atoms with Crippen LogP contribution >= 0.6 is 0 Å². The molecule has 3 rings (SSSR count). The number of nitrogens with one attached hydrogen (secondary N) is 1. The van der Waals surface area contributed by atoms with Gasteiger partial charge in [0.1, 0.15) is 0 Å². The molecule has 0 unspecified atom stereocenters. The van der Waals surface area contributed by atoms with Crippen LogP contribution in [0.4, 0.5) is 5.95 Å². The predicted octanol–water partition coefficient (Wildman–Crippen LogP) is 3.97. The van der Waals surface area contributed by atoms with Gasteiger partial charge in [0.05, 0.1) is 10.6 Å². The summed E-state index contributed by atoms with van der Waals surface area (Å²) < 4.78 is 28.7. The van der Waals surface area contributed by atoms with Crippen molar-refractivity contribution in [1.29, 1.82) is 0 Å². The number of carbonyl (C=O) groups excluding carboxylic acids is 1. The number of nitrogens with zero attached hydrogens (tertiary/aromatic N) is 2. The van der Waals surface area contributed by atoms with Gasteiger partial charge in [-0.05, 0) is 74.4 Å². The van der Waals surface area contributed by atoms with Gasteiger partial charge in [-0.1, -0.05) is 38.1 Å². The van der Waals surface area contributed by atoms with E-state index >= 15 is 0 Å². The molecule has 35 heavy (non-hydrogen) atoms. The number of carbonyl (C=O) groups is 1. The van der Waals surface area contributed by atoms with Gasteiger partial charge in [-0.25, -0.2) is 23.1 Å². The maximum absolute atomic E-state index is 13.1. The molecule has 0 radical (unpaired) electrons. The fourth-order valence-electron chi connectivity index (χ4n) is 4.07. The topological polar surface area (TPSA) is 141 Å². The Labute approximate surface area is 207 Å². The molecule has 1 aromatic heterocycles. The highest BCUT2D eigenvalue weighted by Gasteiger charge is 2.19. The van der Waals surface area contributed by atoms with Crippen molar-refractivity contribution in [2.24, 2.45) is 17.4 Å². The fourth-order valence-corrected chi connectivity index (χ4v) is 5.06. The number of aromatic nitrogens is 2. The zero-order valence-electron chi connectivity index (χ0n) is 20.6. The Bertz CT molecular complexity index is 1300. The van der Waals surface area contributed by atoms with Crippen LogP contribution in [0, 0.1) is 19.8 Å². The summed E-state index contributed by atoms with van der Waals surface area (Å²) >= 11 is 0. The first-order chi connectivity index (χ1) is 16.5. The van der Waals surface area contributed by atoms with E-state index in [9.17, 15) is 13.2 Å².